The van der Waals surface area contributed by atoms with E-state index in [0.29, 0.717) is 6.04 Å². The zero-order chi connectivity index (χ0) is 19.8. The fraction of sp³-hybridized carbons (Fsp3) is 0.636. The van der Waals surface area contributed by atoms with Crippen LogP contribution in [-0.2, 0) is 15.2 Å². The molecule has 4 rings (SSSR count). The summed E-state index contributed by atoms with van der Waals surface area (Å²) < 4.78 is 5.85. The number of fused-ring (bicyclic) bond motifs is 2. The van der Waals surface area contributed by atoms with Gasteiger partial charge in [0.1, 0.15) is 11.2 Å². The van der Waals surface area contributed by atoms with E-state index in [1.54, 1.807) is 0 Å². The van der Waals surface area contributed by atoms with Gasteiger partial charge in [0.25, 0.3) is 0 Å². The van der Waals surface area contributed by atoms with E-state index < -0.39 is 5.60 Å². The summed E-state index contributed by atoms with van der Waals surface area (Å²) in [5, 5.41) is 7.20. The Bertz CT molecular complexity index is 751. The fourth-order valence-electron chi connectivity index (χ4n) is 4.57. The Hall–Kier alpha value is -2.08. The molecule has 1 aliphatic carbocycles. The van der Waals surface area contributed by atoms with Crippen molar-refractivity contribution in [2.75, 3.05) is 18.4 Å². The minimum absolute atomic E-state index is 0.229. The first-order valence-electron chi connectivity index (χ1n) is 10.4. The molecule has 2 heterocycles. The van der Waals surface area contributed by atoms with Crippen LogP contribution in [0.25, 0.3) is 0 Å². The van der Waals surface area contributed by atoms with Crippen molar-refractivity contribution in [2.45, 2.75) is 76.5 Å². The molecule has 6 heteroatoms. The fourth-order valence-corrected chi connectivity index (χ4v) is 4.57. The summed E-state index contributed by atoms with van der Waals surface area (Å²) in [6.45, 7) is 7.99. The lowest BCUT2D eigenvalue weighted by atomic mass is 9.81. The van der Waals surface area contributed by atoms with Crippen molar-refractivity contribution in [3.05, 3.63) is 29.8 Å². The third-order valence-electron chi connectivity index (χ3n) is 6.05. The Morgan fingerprint density at radius 1 is 1.18 bits per heavy atom. The second-order valence-electron chi connectivity index (χ2n) is 9.18. The van der Waals surface area contributed by atoms with Gasteiger partial charge >= 0.3 is 6.09 Å². The van der Waals surface area contributed by atoms with Crippen molar-refractivity contribution in [1.82, 2.24) is 4.90 Å². The number of hydrogen-bond acceptors (Lipinski definition) is 5. The van der Waals surface area contributed by atoms with Crippen LogP contribution in [-0.4, -0.2) is 41.4 Å². The second kappa shape index (κ2) is 7.39. The first kappa shape index (κ1) is 19.2. The Balaban J connectivity index is 1.36. The molecule has 152 valence electrons. The number of para-hydroxylation sites is 1. The number of anilines is 1. The molecule has 0 aromatic heterocycles. The van der Waals surface area contributed by atoms with Crippen LogP contribution in [0.3, 0.4) is 0 Å². The number of oxime groups is 1. The first-order chi connectivity index (χ1) is 13.3. The van der Waals surface area contributed by atoms with E-state index >= 15 is 0 Å². The van der Waals surface area contributed by atoms with Gasteiger partial charge in [-0.05, 0) is 52.5 Å². The number of carbonyl (C=O) groups excluding carboxylic acids is 1. The van der Waals surface area contributed by atoms with Gasteiger partial charge in [0.05, 0.1) is 11.4 Å². The maximum absolute atomic E-state index is 12.1. The highest BCUT2D eigenvalue weighted by Crippen LogP contribution is 2.44. The number of hydrogen-bond donors (Lipinski definition) is 1. The SMILES string of the molecule is CC(C)(C)ON=C1CCC(N2CCC3(CC2)OC(=O)Nc2ccccc23)CC1. The van der Waals surface area contributed by atoms with Crippen molar-refractivity contribution in [2.24, 2.45) is 5.16 Å². The maximum atomic E-state index is 12.1. The molecular weight excluding hydrogens is 354 g/mol. The normalized spacial score (nSPS) is 24.9. The van der Waals surface area contributed by atoms with Gasteiger partial charge < -0.3 is 14.5 Å². The van der Waals surface area contributed by atoms with E-state index in [4.69, 9.17) is 9.57 Å². The molecule has 3 aliphatic rings. The lowest BCUT2D eigenvalue weighted by Crippen LogP contribution is -2.51. The maximum Gasteiger partial charge on any atom is 0.412 e. The molecule has 1 N–H and O–H groups in total. The lowest BCUT2D eigenvalue weighted by molar-refractivity contribution is -0.0474. The number of rotatable bonds is 2. The van der Waals surface area contributed by atoms with Gasteiger partial charge in [-0.1, -0.05) is 23.4 Å². The smallest absolute Gasteiger partial charge is 0.412 e. The van der Waals surface area contributed by atoms with Crippen LogP contribution in [0.2, 0.25) is 0 Å². The third kappa shape index (κ3) is 4.02. The van der Waals surface area contributed by atoms with Crippen molar-refractivity contribution in [3.63, 3.8) is 0 Å². The van der Waals surface area contributed by atoms with Crippen molar-refractivity contribution in [1.29, 1.82) is 0 Å². The van der Waals surface area contributed by atoms with Crippen LogP contribution < -0.4 is 5.32 Å². The Labute approximate surface area is 167 Å². The van der Waals surface area contributed by atoms with Crippen LogP contribution in [0, 0.1) is 0 Å². The predicted molar refractivity (Wildman–Crippen MR) is 110 cm³/mol. The minimum Gasteiger partial charge on any atom is -0.438 e. The summed E-state index contributed by atoms with van der Waals surface area (Å²) in [4.78, 5) is 20.2. The average Bonchev–Trinajstić information content (AvgIpc) is 2.67. The average molecular weight is 386 g/mol. The highest BCUT2D eigenvalue weighted by Gasteiger charge is 2.45. The standard InChI is InChI=1S/C22H31N3O3/c1-21(2,3)28-24-16-8-10-17(11-9-16)25-14-12-22(13-15-25)18-6-4-5-7-19(18)23-20(26)27-22/h4-7,17H,8-15H2,1-3H3,(H,23,26). The predicted octanol–water partition coefficient (Wildman–Crippen LogP) is 4.65. The molecule has 2 fully saturated rings. The highest BCUT2D eigenvalue weighted by molar-refractivity contribution is 5.88. The molecule has 1 saturated carbocycles. The molecule has 1 aromatic rings. The van der Waals surface area contributed by atoms with Gasteiger partial charge in [0.15, 0.2) is 0 Å². The zero-order valence-electron chi connectivity index (χ0n) is 17.2. The number of piperidine rings is 1. The number of nitrogens with zero attached hydrogens (tertiary/aromatic N) is 2. The number of ether oxygens (including phenoxy) is 1. The summed E-state index contributed by atoms with van der Waals surface area (Å²) in [6, 6.07) is 8.61. The Morgan fingerprint density at radius 3 is 2.54 bits per heavy atom. The molecule has 1 spiro atoms. The zero-order valence-corrected chi connectivity index (χ0v) is 17.2. The molecular formula is C22H31N3O3. The molecule has 1 aromatic carbocycles. The van der Waals surface area contributed by atoms with Crippen LogP contribution in [0.15, 0.2) is 29.4 Å². The van der Waals surface area contributed by atoms with Crippen LogP contribution in [0.1, 0.15) is 64.9 Å². The monoisotopic (exact) mass is 385 g/mol. The van der Waals surface area contributed by atoms with E-state index in [9.17, 15) is 4.79 Å². The number of amides is 1. The van der Waals surface area contributed by atoms with Gasteiger partial charge in [-0.2, -0.15) is 0 Å². The van der Waals surface area contributed by atoms with Crippen LogP contribution in [0.5, 0.6) is 0 Å². The first-order valence-corrected chi connectivity index (χ1v) is 10.4. The van der Waals surface area contributed by atoms with Gasteiger partial charge in [0, 0.05) is 37.5 Å². The van der Waals surface area contributed by atoms with E-state index in [2.05, 4.69) is 21.4 Å². The minimum atomic E-state index is -0.475. The molecule has 0 bridgehead atoms. The highest BCUT2D eigenvalue weighted by atomic mass is 16.6. The van der Waals surface area contributed by atoms with Gasteiger partial charge in [0.2, 0.25) is 0 Å². The Morgan fingerprint density at radius 2 is 1.86 bits per heavy atom. The molecule has 0 radical (unpaired) electrons. The summed E-state index contributed by atoms with van der Waals surface area (Å²) in [5.41, 5.74) is 2.49. The molecule has 1 saturated heterocycles. The molecule has 6 nitrogen and oxygen atoms in total. The van der Waals surface area contributed by atoms with Crippen LogP contribution >= 0.6 is 0 Å². The molecule has 2 aliphatic heterocycles. The number of benzene rings is 1. The molecule has 0 unspecified atom stereocenters. The Kier molecular flexibility index (Phi) is 5.08. The van der Waals surface area contributed by atoms with Crippen LogP contribution in [0.4, 0.5) is 10.5 Å². The summed E-state index contributed by atoms with van der Waals surface area (Å²) in [6.07, 6.45) is 5.62. The van der Waals surface area contributed by atoms with E-state index in [0.717, 1.165) is 62.9 Å². The van der Waals surface area contributed by atoms with Crippen molar-refractivity contribution < 1.29 is 14.4 Å². The van der Waals surface area contributed by atoms with E-state index in [1.165, 1.54) is 5.71 Å². The molecule has 1 amide bonds. The summed E-state index contributed by atoms with van der Waals surface area (Å²) in [5.74, 6) is 0. The topological polar surface area (TPSA) is 63.2 Å². The van der Waals surface area contributed by atoms with Gasteiger partial charge in [-0.25, -0.2) is 4.79 Å². The summed E-state index contributed by atoms with van der Waals surface area (Å²) in [7, 11) is 0. The number of nitrogens with one attached hydrogen (secondary N) is 1. The molecule has 0 atom stereocenters. The second-order valence-corrected chi connectivity index (χ2v) is 9.18. The number of likely N-dealkylation sites (tertiary alicyclic amines) is 1. The van der Waals surface area contributed by atoms with E-state index in [-0.39, 0.29) is 11.7 Å². The third-order valence-corrected chi connectivity index (χ3v) is 6.05. The number of carbonyl (C=O) groups is 1. The van der Waals surface area contributed by atoms with E-state index in [1.807, 2.05) is 39.0 Å². The lowest BCUT2D eigenvalue weighted by Gasteiger charge is -2.46. The summed E-state index contributed by atoms with van der Waals surface area (Å²) >= 11 is 0. The quantitative estimate of drug-likeness (QED) is 0.753. The van der Waals surface area contributed by atoms with Gasteiger partial charge in [-0.15, -0.1) is 0 Å². The van der Waals surface area contributed by atoms with Crippen molar-refractivity contribution >= 4 is 17.5 Å². The van der Waals surface area contributed by atoms with Crippen molar-refractivity contribution in [3.8, 4) is 0 Å². The van der Waals surface area contributed by atoms with Gasteiger partial charge in [-0.3, -0.25) is 5.32 Å². The molecule has 28 heavy (non-hydrogen) atoms. The largest absolute Gasteiger partial charge is 0.438 e.